The number of hydrogen-bond acceptors (Lipinski definition) is 3. The van der Waals surface area contributed by atoms with Gasteiger partial charge in [0, 0.05) is 30.0 Å². The molecule has 4 rings (SSSR count). The summed E-state index contributed by atoms with van der Waals surface area (Å²) in [7, 11) is 0. The van der Waals surface area contributed by atoms with Crippen LogP contribution in [0, 0.1) is 6.92 Å². The van der Waals surface area contributed by atoms with Crippen molar-refractivity contribution in [1.82, 2.24) is 0 Å². The van der Waals surface area contributed by atoms with E-state index < -0.39 is 0 Å². The summed E-state index contributed by atoms with van der Waals surface area (Å²) in [6, 6.07) is 17.5. The first-order valence-electron chi connectivity index (χ1n) is 7.63. The normalized spacial score (nSPS) is 22.6. The first-order valence-corrected chi connectivity index (χ1v) is 7.63. The molecule has 4 heteroatoms. The molecule has 0 spiro atoms. The average molecular weight is 293 g/mol. The molecule has 1 amide bonds. The van der Waals surface area contributed by atoms with Gasteiger partial charge in [0.05, 0.1) is 12.1 Å². The van der Waals surface area contributed by atoms with Crippen LogP contribution in [0.2, 0.25) is 0 Å². The quantitative estimate of drug-likeness (QED) is 0.943. The summed E-state index contributed by atoms with van der Waals surface area (Å²) >= 11 is 0. The number of nitrogens with two attached hydrogens (primary N) is 1. The van der Waals surface area contributed by atoms with E-state index in [0.717, 1.165) is 13.1 Å². The number of aryl methyl sites for hydroxylation is 1. The molecule has 0 aliphatic carbocycles. The Morgan fingerprint density at radius 2 is 1.64 bits per heavy atom. The molecule has 2 aliphatic heterocycles. The van der Waals surface area contributed by atoms with E-state index in [2.05, 4.69) is 41.0 Å². The zero-order chi connectivity index (χ0) is 15.3. The van der Waals surface area contributed by atoms with Crippen LogP contribution >= 0.6 is 0 Å². The third-order valence-electron chi connectivity index (χ3n) is 4.83. The fourth-order valence-corrected chi connectivity index (χ4v) is 3.47. The second-order valence-corrected chi connectivity index (χ2v) is 6.19. The Labute approximate surface area is 130 Å². The fourth-order valence-electron chi connectivity index (χ4n) is 3.47. The van der Waals surface area contributed by atoms with Crippen molar-refractivity contribution < 1.29 is 4.79 Å². The number of nitrogens with zero attached hydrogens (tertiary/aromatic N) is 2. The Morgan fingerprint density at radius 1 is 1.00 bits per heavy atom. The molecule has 2 atom stereocenters. The molecule has 2 unspecified atom stereocenters. The summed E-state index contributed by atoms with van der Waals surface area (Å²) in [5.74, 6) is -0.373. The Hall–Kier alpha value is -2.49. The van der Waals surface area contributed by atoms with Crippen molar-refractivity contribution in [2.45, 2.75) is 19.0 Å². The maximum absolute atomic E-state index is 11.1. The lowest BCUT2D eigenvalue weighted by Crippen LogP contribution is -2.79. The smallest absolute Gasteiger partial charge is 0.248 e. The molecule has 0 bridgehead atoms. The molecule has 2 aromatic rings. The topological polar surface area (TPSA) is 49.6 Å². The standard InChI is InChI=1S/C18H19N3O/c1-12-3-2-4-15(9-12)21-11-16-17(21)10-20(16)14-7-5-13(6-8-14)18(19)22/h2-9,16-17H,10-11H2,1H3,(H2,19,22). The monoisotopic (exact) mass is 293 g/mol. The van der Waals surface area contributed by atoms with Gasteiger partial charge in [-0.2, -0.15) is 0 Å². The van der Waals surface area contributed by atoms with Crippen LogP contribution in [0.3, 0.4) is 0 Å². The lowest BCUT2D eigenvalue weighted by molar-refractivity contribution is 0.100. The molecule has 2 saturated heterocycles. The van der Waals surface area contributed by atoms with E-state index in [0.29, 0.717) is 17.6 Å². The van der Waals surface area contributed by atoms with E-state index >= 15 is 0 Å². The van der Waals surface area contributed by atoms with Crippen LogP contribution in [-0.4, -0.2) is 31.1 Å². The molecular formula is C18H19N3O. The SMILES string of the molecule is Cc1cccc(N2CC3C2CN3c2ccc(C(N)=O)cc2)c1. The van der Waals surface area contributed by atoms with Crippen LogP contribution in [-0.2, 0) is 0 Å². The van der Waals surface area contributed by atoms with Crippen molar-refractivity contribution in [2.75, 3.05) is 22.9 Å². The van der Waals surface area contributed by atoms with E-state index in [-0.39, 0.29) is 5.91 Å². The van der Waals surface area contributed by atoms with Gasteiger partial charge in [-0.15, -0.1) is 0 Å². The van der Waals surface area contributed by atoms with Gasteiger partial charge in [-0.05, 0) is 48.9 Å². The minimum atomic E-state index is -0.373. The lowest BCUT2D eigenvalue weighted by Gasteiger charge is -2.63. The lowest BCUT2D eigenvalue weighted by atomic mass is 9.84. The highest BCUT2D eigenvalue weighted by Gasteiger charge is 2.51. The van der Waals surface area contributed by atoms with Crippen molar-refractivity contribution in [3.05, 3.63) is 59.7 Å². The van der Waals surface area contributed by atoms with Gasteiger partial charge in [0.1, 0.15) is 0 Å². The van der Waals surface area contributed by atoms with Crippen molar-refractivity contribution in [3.8, 4) is 0 Å². The Balaban J connectivity index is 1.45. The van der Waals surface area contributed by atoms with E-state index in [4.69, 9.17) is 5.73 Å². The van der Waals surface area contributed by atoms with Crippen molar-refractivity contribution >= 4 is 17.3 Å². The number of piperazine rings is 1. The highest BCUT2D eigenvalue weighted by Crippen LogP contribution is 2.40. The Kier molecular flexibility index (Phi) is 2.86. The second-order valence-electron chi connectivity index (χ2n) is 6.19. The molecule has 0 saturated carbocycles. The van der Waals surface area contributed by atoms with Gasteiger partial charge in [-0.1, -0.05) is 12.1 Å². The van der Waals surface area contributed by atoms with Crippen LogP contribution in [0.15, 0.2) is 48.5 Å². The fraction of sp³-hybridized carbons (Fsp3) is 0.278. The summed E-state index contributed by atoms with van der Waals surface area (Å²) in [5, 5.41) is 0. The molecule has 2 N–H and O–H groups in total. The average Bonchev–Trinajstić information content (AvgIpc) is 2.49. The predicted octanol–water partition coefficient (Wildman–Crippen LogP) is 2.17. The third kappa shape index (κ3) is 1.95. The maximum Gasteiger partial charge on any atom is 0.248 e. The molecule has 2 aromatic carbocycles. The van der Waals surface area contributed by atoms with Crippen LogP contribution in [0.5, 0.6) is 0 Å². The van der Waals surface area contributed by atoms with Gasteiger partial charge in [-0.3, -0.25) is 4.79 Å². The molecule has 4 nitrogen and oxygen atoms in total. The number of hydrogen-bond donors (Lipinski definition) is 1. The van der Waals surface area contributed by atoms with E-state index in [9.17, 15) is 4.79 Å². The number of fused-ring (bicyclic) bond motifs is 1. The Bertz CT molecular complexity index is 725. The summed E-state index contributed by atoms with van der Waals surface area (Å²) in [6.07, 6.45) is 0. The van der Waals surface area contributed by atoms with Crippen LogP contribution in [0.1, 0.15) is 15.9 Å². The largest absolute Gasteiger partial charge is 0.366 e. The summed E-state index contributed by atoms with van der Waals surface area (Å²) in [5.41, 5.74) is 9.65. The van der Waals surface area contributed by atoms with Gasteiger partial charge in [-0.25, -0.2) is 0 Å². The van der Waals surface area contributed by atoms with E-state index in [1.165, 1.54) is 16.9 Å². The summed E-state index contributed by atoms with van der Waals surface area (Å²) in [4.78, 5) is 16.0. The minimum Gasteiger partial charge on any atom is -0.366 e. The van der Waals surface area contributed by atoms with Crippen LogP contribution in [0.25, 0.3) is 0 Å². The first-order chi connectivity index (χ1) is 10.6. The third-order valence-corrected chi connectivity index (χ3v) is 4.83. The number of carbonyl (C=O) groups is 1. The minimum absolute atomic E-state index is 0.373. The van der Waals surface area contributed by atoms with E-state index in [1.54, 1.807) is 0 Å². The van der Waals surface area contributed by atoms with Crippen molar-refractivity contribution in [1.29, 1.82) is 0 Å². The number of anilines is 2. The number of primary amides is 1. The number of amides is 1. The maximum atomic E-state index is 11.1. The predicted molar refractivity (Wildman–Crippen MR) is 88.4 cm³/mol. The van der Waals surface area contributed by atoms with Crippen LogP contribution < -0.4 is 15.5 Å². The molecule has 0 radical (unpaired) electrons. The molecular weight excluding hydrogens is 274 g/mol. The van der Waals surface area contributed by atoms with Crippen molar-refractivity contribution in [3.63, 3.8) is 0 Å². The van der Waals surface area contributed by atoms with Crippen molar-refractivity contribution in [2.24, 2.45) is 5.73 Å². The van der Waals surface area contributed by atoms with Gasteiger partial charge in [0.25, 0.3) is 0 Å². The molecule has 112 valence electrons. The van der Waals surface area contributed by atoms with Crippen LogP contribution in [0.4, 0.5) is 11.4 Å². The number of benzene rings is 2. The second kappa shape index (κ2) is 4.77. The van der Waals surface area contributed by atoms with Gasteiger partial charge in [0.2, 0.25) is 5.91 Å². The molecule has 2 fully saturated rings. The molecule has 2 aliphatic rings. The van der Waals surface area contributed by atoms with Gasteiger partial charge >= 0.3 is 0 Å². The zero-order valence-corrected chi connectivity index (χ0v) is 12.6. The highest BCUT2D eigenvalue weighted by atomic mass is 16.1. The highest BCUT2D eigenvalue weighted by molar-refractivity contribution is 5.93. The molecule has 2 heterocycles. The first kappa shape index (κ1) is 13.2. The molecule has 0 aromatic heterocycles. The number of carbonyl (C=O) groups excluding carboxylic acids is 1. The number of rotatable bonds is 3. The van der Waals surface area contributed by atoms with Gasteiger partial charge < -0.3 is 15.5 Å². The van der Waals surface area contributed by atoms with Gasteiger partial charge in [0.15, 0.2) is 0 Å². The van der Waals surface area contributed by atoms with E-state index in [1.807, 2.05) is 24.3 Å². The Morgan fingerprint density at radius 3 is 2.18 bits per heavy atom. The molecule has 22 heavy (non-hydrogen) atoms. The summed E-state index contributed by atoms with van der Waals surface area (Å²) in [6.45, 7) is 4.23. The summed E-state index contributed by atoms with van der Waals surface area (Å²) < 4.78 is 0. The zero-order valence-electron chi connectivity index (χ0n) is 12.6.